The van der Waals surface area contributed by atoms with E-state index in [2.05, 4.69) is 4.98 Å². The lowest BCUT2D eigenvalue weighted by Gasteiger charge is -2.25. The molecule has 0 aliphatic carbocycles. The molecule has 158 valence electrons. The summed E-state index contributed by atoms with van der Waals surface area (Å²) in [6.07, 6.45) is 5.63. The van der Waals surface area contributed by atoms with Crippen molar-refractivity contribution >= 4 is 17.4 Å². The third-order valence-electron chi connectivity index (χ3n) is 5.22. The first kappa shape index (κ1) is 20.5. The van der Waals surface area contributed by atoms with Crippen molar-refractivity contribution in [1.82, 2.24) is 14.5 Å². The van der Waals surface area contributed by atoms with Crippen LogP contribution in [0.15, 0.2) is 72.8 Å². The van der Waals surface area contributed by atoms with E-state index in [1.165, 1.54) is 41.3 Å². The fourth-order valence-electron chi connectivity index (χ4n) is 3.71. The lowest BCUT2D eigenvalue weighted by atomic mass is 9.95. The second-order valence-corrected chi connectivity index (χ2v) is 7.20. The smallest absolute Gasteiger partial charge is 0.295 e. The summed E-state index contributed by atoms with van der Waals surface area (Å²) in [4.78, 5) is 31.0. The highest BCUT2D eigenvalue weighted by Crippen LogP contribution is 2.39. The molecular formula is C23H19F2N3O3. The molecule has 1 fully saturated rings. The summed E-state index contributed by atoms with van der Waals surface area (Å²) in [6.45, 7) is 0.822. The maximum absolute atomic E-state index is 13.5. The number of amides is 1. The molecule has 31 heavy (non-hydrogen) atoms. The zero-order valence-corrected chi connectivity index (χ0v) is 16.4. The van der Waals surface area contributed by atoms with E-state index in [1.807, 2.05) is 4.57 Å². The summed E-state index contributed by atoms with van der Waals surface area (Å²) in [6, 6.07) is 9.52. The molecule has 1 saturated heterocycles. The predicted octanol–water partition coefficient (Wildman–Crippen LogP) is 3.67. The normalized spacial score (nSPS) is 18.0. The number of rotatable bonds is 6. The molecule has 1 atom stereocenters. The Morgan fingerprint density at radius 1 is 0.968 bits per heavy atom. The first-order valence-electron chi connectivity index (χ1n) is 9.71. The first-order valence-corrected chi connectivity index (χ1v) is 9.71. The molecule has 0 saturated carbocycles. The average Bonchev–Trinajstić information content (AvgIpc) is 3.37. The van der Waals surface area contributed by atoms with Crippen LogP contribution in [0.25, 0.3) is 5.76 Å². The third-order valence-corrected chi connectivity index (χ3v) is 5.22. The summed E-state index contributed by atoms with van der Waals surface area (Å²) in [5, 5.41) is 10.9. The molecule has 1 aliphatic heterocycles. The van der Waals surface area contributed by atoms with Gasteiger partial charge in [0.25, 0.3) is 11.7 Å². The molecule has 1 amide bonds. The van der Waals surface area contributed by atoms with Gasteiger partial charge in [-0.3, -0.25) is 9.59 Å². The molecule has 6 nitrogen and oxygen atoms in total. The maximum atomic E-state index is 13.5. The monoisotopic (exact) mass is 423 g/mol. The topological polar surface area (TPSA) is 75.4 Å². The zero-order valence-electron chi connectivity index (χ0n) is 16.4. The van der Waals surface area contributed by atoms with E-state index >= 15 is 0 Å². The van der Waals surface area contributed by atoms with Crippen molar-refractivity contribution in [1.29, 1.82) is 0 Å². The number of nitrogens with zero attached hydrogens (tertiary/aromatic N) is 3. The minimum atomic E-state index is -0.881. The minimum Gasteiger partial charge on any atom is -0.507 e. The van der Waals surface area contributed by atoms with Gasteiger partial charge in [0.05, 0.1) is 17.9 Å². The van der Waals surface area contributed by atoms with Crippen LogP contribution in [0.2, 0.25) is 0 Å². The second kappa shape index (κ2) is 8.51. The van der Waals surface area contributed by atoms with Gasteiger partial charge in [-0.1, -0.05) is 12.1 Å². The van der Waals surface area contributed by atoms with E-state index in [0.717, 1.165) is 12.1 Å². The molecule has 1 N–H and O–H groups in total. The van der Waals surface area contributed by atoms with Gasteiger partial charge in [-0.25, -0.2) is 13.8 Å². The first-order chi connectivity index (χ1) is 15.0. The highest BCUT2D eigenvalue weighted by atomic mass is 19.1. The van der Waals surface area contributed by atoms with Gasteiger partial charge in [0.15, 0.2) is 0 Å². The van der Waals surface area contributed by atoms with Gasteiger partial charge < -0.3 is 14.6 Å². The fourth-order valence-corrected chi connectivity index (χ4v) is 3.71. The molecule has 4 rings (SSSR count). The Kier molecular flexibility index (Phi) is 5.62. The third kappa shape index (κ3) is 4.09. The molecule has 1 aromatic heterocycles. The standard InChI is InChI=1S/C23H19F2N3O3/c24-17-6-2-15(3-7-17)20-19(21(29)16-4-8-18(25)9-5-16)22(30)23(31)28(20)12-1-11-27-13-10-26-14-27/h2-10,13-14,20,29H,1,11-12H2/b21-19+/t20-/m0/s1. The summed E-state index contributed by atoms with van der Waals surface area (Å²) >= 11 is 0. The lowest BCUT2D eigenvalue weighted by Crippen LogP contribution is -2.31. The number of carbonyl (C=O) groups excluding carboxylic acids is 2. The zero-order chi connectivity index (χ0) is 22.0. The predicted molar refractivity (Wildman–Crippen MR) is 109 cm³/mol. The van der Waals surface area contributed by atoms with Crippen molar-refractivity contribution in [2.75, 3.05) is 6.54 Å². The van der Waals surface area contributed by atoms with E-state index in [9.17, 15) is 23.5 Å². The number of halogens is 2. The number of likely N-dealkylation sites (tertiary alicyclic amines) is 1. The molecule has 8 heteroatoms. The van der Waals surface area contributed by atoms with Crippen LogP contribution in [0.4, 0.5) is 8.78 Å². The van der Waals surface area contributed by atoms with Crippen molar-refractivity contribution in [3.8, 4) is 0 Å². The van der Waals surface area contributed by atoms with Crippen molar-refractivity contribution < 1.29 is 23.5 Å². The molecule has 0 spiro atoms. The molecule has 0 bridgehead atoms. The summed E-state index contributed by atoms with van der Waals surface area (Å²) in [5.41, 5.74) is 0.600. The van der Waals surface area contributed by atoms with E-state index in [0.29, 0.717) is 18.5 Å². The lowest BCUT2D eigenvalue weighted by molar-refractivity contribution is -0.139. The number of aliphatic hydroxyl groups is 1. The van der Waals surface area contributed by atoms with E-state index in [4.69, 9.17) is 0 Å². The highest BCUT2D eigenvalue weighted by molar-refractivity contribution is 6.46. The number of aliphatic hydroxyl groups excluding tert-OH is 1. The molecule has 3 aromatic rings. The van der Waals surface area contributed by atoms with Crippen LogP contribution in [0.5, 0.6) is 0 Å². The van der Waals surface area contributed by atoms with E-state index < -0.39 is 35.1 Å². The Morgan fingerprint density at radius 3 is 2.23 bits per heavy atom. The van der Waals surface area contributed by atoms with Crippen molar-refractivity contribution in [2.24, 2.45) is 0 Å². The van der Waals surface area contributed by atoms with Crippen molar-refractivity contribution in [3.63, 3.8) is 0 Å². The quantitative estimate of drug-likeness (QED) is 0.373. The van der Waals surface area contributed by atoms with Gasteiger partial charge in [0, 0.05) is 31.0 Å². The van der Waals surface area contributed by atoms with Gasteiger partial charge in [0.1, 0.15) is 17.4 Å². The summed E-state index contributed by atoms with van der Waals surface area (Å²) in [7, 11) is 0. The minimum absolute atomic E-state index is 0.106. The molecule has 0 radical (unpaired) electrons. The number of benzene rings is 2. The van der Waals surface area contributed by atoms with Crippen LogP contribution < -0.4 is 0 Å². The Labute approximate surface area is 177 Å². The number of aromatic nitrogens is 2. The Morgan fingerprint density at radius 2 is 1.61 bits per heavy atom. The van der Waals surface area contributed by atoms with Crippen LogP contribution in [0, 0.1) is 11.6 Å². The highest BCUT2D eigenvalue weighted by Gasteiger charge is 2.45. The van der Waals surface area contributed by atoms with Crippen molar-refractivity contribution in [3.05, 3.63) is 95.6 Å². The number of aryl methyl sites for hydroxylation is 1. The summed E-state index contributed by atoms with van der Waals surface area (Å²) < 4.78 is 28.6. The van der Waals surface area contributed by atoms with Crippen LogP contribution in [-0.4, -0.2) is 37.8 Å². The van der Waals surface area contributed by atoms with Crippen LogP contribution in [0.3, 0.4) is 0 Å². The van der Waals surface area contributed by atoms with Gasteiger partial charge >= 0.3 is 0 Å². The summed E-state index contributed by atoms with van der Waals surface area (Å²) in [5.74, 6) is -2.93. The van der Waals surface area contributed by atoms with Crippen LogP contribution in [0.1, 0.15) is 23.6 Å². The van der Waals surface area contributed by atoms with Gasteiger partial charge in [-0.2, -0.15) is 0 Å². The van der Waals surface area contributed by atoms with Gasteiger partial charge in [-0.05, 0) is 48.4 Å². The largest absolute Gasteiger partial charge is 0.507 e. The fraction of sp³-hybridized carbons (Fsp3) is 0.174. The SMILES string of the molecule is O=C1C(=O)N(CCCn2ccnc2)[C@@H](c2ccc(F)cc2)/C1=C(\O)c1ccc(F)cc1. The number of imidazole rings is 1. The second-order valence-electron chi connectivity index (χ2n) is 7.20. The number of hydrogen-bond acceptors (Lipinski definition) is 4. The van der Waals surface area contributed by atoms with E-state index in [-0.39, 0.29) is 17.7 Å². The van der Waals surface area contributed by atoms with Crippen molar-refractivity contribution in [2.45, 2.75) is 19.0 Å². The number of carbonyl (C=O) groups is 2. The maximum Gasteiger partial charge on any atom is 0.295 e. The Bertz CT molecular complexity index is 1120. The Hall–Kier alpha value is -3.81. The van der Waals surface area contributed by atoms with Crippen LogP contribution >= 0.6 is 0 Å². The van der Waals surface area contributed by atoms with Crippen LogP contribution in [-0.2, 0) is 16.1 Å². The number of hydrogen-bond donors (Lipinski definition) is 1. The number of ketones is 1. The molecule has 0 unspecified atom stereocenters. The molecule has 1 aliphatic rings. The van der Waals surface area contributed by atoms with Gasteiger partial charge in [0.2, 0.25) is 0 Å². The molecule has 2 aromatic carbocycles. The molecular weight excluding hydrogens is 404 g/mol. The molecule has 2 heterocycles. The van der Waals surface area contributed by atoms with Gasteiger partial charge in [-0.15, -0.1) is 0 Å². The Balaban J connectivity index is 1.72. The average molecular weight is 423 g/mol. The van der Waals surface area contributed by atoms with E-state index in [1.54, 1.807) is 18.7 Å². The number of Topliss-reactive ketones (excluding diaryl/α,β-unsaturated/α-hetero) is 1.